The maximum absolute atomic E-state index is 13.4. The molecule has 4 saturated carbocycles. The molecule has 176 valence electrons. The molecule has 5 unspecified atom stereocenters. The molecule has 0 radical (unpaired) electrons. The van der Waals surface area contributed by atoms with Crippen molar-refractivity contribution < 1.29 is 19.1 Å². The maximum atomic E-state index is 13.4. The van der Waals surface area contributed by atoms with Crippen LogP contribution >= 0.6 is 0 Å². The van der Waals surface area contributed by atoms with Crippen molar-refractivity contribution in [2.75, 3.05) is 0 Å². The lowest BCUT2D eigenvalue weighted by atomic mass is 9.78. The van der Waals surface area contributed by atoms with E-state index in [1.807, 2.05) is 0 Å². The van der Waals surface area contributed by atoms with Gasteiger partial charge in [0.15, 0.2) is 0 Å². The smallest absolute Gasteiger partial charge is 0.312 e. The first-order valence-corrected chi connectivity index (χ1v) is 12.8. The number of esters is 2. The van der Waals surface area contributed by atoms with Crippen molar-refractivity contribution in [3.8, 4) is 0 Å². The second-order valence-electron chi connectivity index (χ2n) is 13.2. The van der Waals surface area contributed by atoms with Crippen molar-refractivity contribution in [1.29, 1.82) is 0 Å². The highest BCUT2D eigenvalue weighted by atomic mass is 16.6. The third-order valence-electron chi connectivity index (χ3n) is 9.18. The molecule has 0 heterocycles. The fraction of sp³-hybridized carbons (Fsp3) is 0.926. The molecule has 0 aromatic carbocycles. The average Bonchev–Trinajstić information content (AvgIpc) is 3.02. The lowest BCUT2D eigenvalue weighted by Crippen LogP contribution is -2.42. The van der Waals surface area contributed by atoms with Crippen LogP contribution in [0, 0.1) is 34.0 Å². The summed E-state index contributed by atoms with van der Waals surface area (Å²) in [5.41, 5.74) is -0.528. The first-order valence-electron chi connectivity index (χ1n) is 12.8. The van der Waals surface area contributed by atoms with Crippen LogP contribution in [0.25, 0.3) is 0 Å². The fourth-order valence-electron chi connectivity index (χ4n) is 7.29. The molecule has 0 spiro atoms. The Balaban J connectivity index is 1.41. The van der Waals surface area contributed by atoms with E-state index >= 15 is 0 Å². The van der Waals surface area contributed by atoms with Gasteiger partial charge in [0.05, 0.1) is 11.3 Å². The van der Waals surface area contributed by atoms with Gasteiger partial charge in [-0.15, -0.1) is 0 Å². The summed E-state index contributed by atoms with van der Waals surface area (Å²) in [5, 5.41) is 0. The minimum atomic E-state index is -0.364. The zero-order chi connectivity index (χ0) is 22.7. The van der Waals surface area contributed by atoms with Crippen molar-refractivity contribution in [3.63, 3.8) is 0 Å². The molecule has 0 saturated heterocycles. The molecule has 5 atom stereocenters. The van der Waals surface area contributed by atoms with Crippen LogP contribution in [0.5, 0.6) is 0 Å². The highest BCUT2D eigenvalue weighted by molar-refractivity contribution is 5.82. The van der Waals surface area contributed by atoms with Gasteiger partial charge in [-0.3, -0.25) is 9.59 Å². The molecule has 0 aromatic heterocycles. The minimum absolute atomic E-state index is 0.00179. The van der Waals surface area contributed by atoms with Gasteiger partial charge in [0, 0.05) is 5.92 Å². The van der Waals surface area contributed by atoms with Crippen LogP contribution in [-0.4, -0.2) is 23.6 Å². The molecule has 0 amide bonds. The Hall–Kier alpha value is -1.06. The summed E-state index contributed by atoms with van der Waals surface area (Å²) in [5.74, 6) is 0.512. The summed E-state index contributed by atoms with van der Waals surface area (Å²) >= 11 is 0. The maximum Gasteiger partial charge on any atom is 0.312 e. The van der Waals surface area contributed by atoms with Gasteiger partial charge in [-0.05, 0) is 81.0 Å². The number of fused-ring (bicyclic) bond motifs is 2. The molecule has 4 rings (SSSR count). The van der Waals surface area contributed by atoms with E-state index < -0.39 is 0 Å². The van der Waals surface area contributed by atoms with E-state index in [2.05, 4.69) is 41.5 Å². The van der Waals surface area contributed by atoms with Crippen molar-refractivity contribution in [2.45, 2.75) is 124 Å². The first-order chi connectivity index (χ1) is 14.4. The number of ether oxygens (including phenoxy) is 2. The second-order valence-corrected chi connectivity index (χ2v) is 13.2. The summed E-state index contributed by atoms with van der Waals surface area (Å²) in [6.07, 6.45) is 11.0. The highest BCUT2D eigenvalue weighted by Gasteiger charge is 2.68. The Labute approximate surface area is 189 Å². The van der Waals surface area contributed by atoms with Crippen molar-refractivity contribution in [3.05, 3.63) is 0 Å². The van der Waals surface area contributed by atoms with E-state index in [1.165, 1.54) is 6.42 Å². The zero-order valence-electron chi connectivity index (χ0n) is 20.7. The van der Waals surface area contributed by atoms with Gasteiger partial charge in [-0.2, -0.15) is 0 Å². The Morgan fingerprint density at radius 3 is 2.16 bits per heavy atom. The third kappa shape index (κ3) is 4.29. The minimum Gasteiger partial charge on any atom is -0.462 e. The van der Waals surface area contributed by atoms with Gasteiger partial charge in [-0.25, -0.2) is 0 Å². The Morgan fingerprint density at radius 1 is 1.00 bits per heavy atom. The van der Waals surface area contributed by atoms with Gasteiger partial charge in [0.25, 0.3) is 0 Å². The summed E-state index contributed by atoms with van der Waals surface area (Å²) in [6, 6.07) is 0. The Bertz CT molecular complexity index is 711. The molecule has 4 aliphatic rings. The third-order valence-corrected chi connectivity index (χ3v) is 9.18. The molecule has 31 heavy (non-hydrogen) atoms. The summed E-state index contributed by atoms with van der Waals surface area (Å²) in [4.78, 5) is 26.6. The second kappa shape index (κ2) is 7.76. The Kier molecular flexibility index (Phi) is 5.79. The van der Waals surface area contributed by atoms with E-state index in [-0.39, 0.29) is 51.7 Å². The molecule has 0 N–H and O–H groups in total. The fourth-order valence-corrected chi connectivity index (χ4v) is 7.29. The molecule has 0 aromatic rings. The van der Waals surface area contributed by atoms with E-state index in [0.29, 0.717) is 5.92 Å². The standard InChI is InChI=1S/C27H44O4/c1-7-26(11-9-8-10-12-26)31-22(28)20-14-18-13-19(20)21(15-18)30-23(29)27(16-24(2,3)4)17-25(27,5)6/h18-21H,7-17H2,1-6H3. The number of carbonyl (C=O) groups excluding carboxylic acids is 2. The van der Waals surface area contributed by atoms with Crippen LogP contribution in [0.2, 0.25) is 0 Å². The van der Waals surface area contributed by atoms with E-state index in [1.54, 1.807) is 0 Å². The van der Waals surface area contributed by atoms with Crippen molar-refractivity contribution in [1.82, 2.24) is 0 Å². The number of rotatable bonds is 6. The Morgan fingerprint density at radius 2 is 1.65 bits per heavy atom. The molecule has 4 nitrogen and oxygen atoms in total. The molecule has 0 aliphatic heterocycles. The lowest BCUT2D eigenvalue weighted by Gasteiger charge is -2.38. The van der Waals surface area contributed by atoms with Gasteiger partial charge >= 0.3 is 11.9 Å². The van der Waals surface area contributed by atoms with Crippen LogP contribution in [-0.2, 0) is 19.1 Å². The summed E-state index contributed by atoms with van der Waals surface area (Å²) < 4.78 is 12.4. The topological polar surface area (TPSA) is 52.6 Å². The molecular weight excluding hydrogens is 388 g/mol. The van der Waals surface area contributed by atoms with Crippen LogP contribution in [0.3, 0.4) is 0 Å². The predicted molar refractivity (Wildman–Crippen MR) is 121 cm³/mol. The SMILES string of the molecule is CCC1(OC(=O)C2CC3CC(OC(=O)C4(CC(C)(C)C)CC4(C)C)C2C3)CCCCC1. The first kappa shape index (κ1) is 23.1. The van der Waals surface area contributed by atoms with Crippen LogP contribution < -0.4 is 0 Å². The van der Waals surface area contributed by atoms with Gasteiger partial charge < -0.3 is 9.47 Å². The quantitative estimate of drug-likeness (QED) is 0.452. The van der Waals surface area contributed by atoms with Crippen molar-refractivity contribution in [2.24, 2.45) is 34.0 Å². The van der Waals surface area contributed by atoms with E-state index in [0.717, 1.165) is 64.2 Å². The van der Waals surface area contributed by atoms with Crippen LogP contribution in [0.15, 0.2) is 0 Å². The lowest BCUT2D eigenvalue weighted by molar-refractivity contribution is -0.177. The van der Waals surface area contributed by atoms with Crippen LogP contribution in [0.4, 0.5) is 0 Å². The average molecular weight is 433 g/mol. The normalized spacial score (nSPS) is 38.0. The largest absolute Gasteiger partial charge is 0.462 e. The van der Waals surface area contributed by atoms with Crippen LogP contribution in [0.1, 0.15) is 112 Å². The molecule has 4 heteroatoms. The zero-order valence-corrected chi connectivity index (χ0v) is 20.7. The molecule has 4 fully saturated rings. The molecular formula is C27H44O4. The molecule has 4 aliphatic carbocycles. The summed E-state index contributed by atoms with van der Waals surface area (Å²) in [6.45, 7) is 13.1. The van der Waals surface area contributed by atoms with Crippen molar-refractivity contribution >= 4 is 11.9 Å². The molecule has 2 bridgehead atoms. The van der Waals surface area contributed by atoms with E-state index in [4.69, 9.17) is 9.47 Å². The number of carbonyl (C=O) groups is 2. The highest BCUT2D eigenvalue weighted by Crippen LogP contribution is 2.68. The number of hydrogen-bond donors (Lipinski definition) is 0. The van der Waals surface area contributed by atoms with E-state index in [9.17, 15) is 9.59 Å². The number of hydrogen-bond acceptors (Lipinski definition) is 4. The summed E-state index contributed by atoms with van der Waals surface area (Å²) in [7, 11) is 0. The predicted octanol–water partition coefficient (Wildman–Crippen LogP) is 6.45. The van der Waals surface area contributed by atoms with Gasteiger partial charge in [0.2, 0.25) is 0 Å². The van der Waals surface area contributed by atoms with Gasteiger partial charge in [0.1, 0.15) is 11.7 Å². The monoisotopic (exact) mass is 432 g/mol. The van der Waals surface area contributed by atoms with Gasteiger partial charge in [-0.1, -0.05) is 48.0 Å².